The van der Waals surface area contributed by atoms with Gasteiger partial charge in [-0.05, 0) is 25.3 Å². The Morgan fingerprint density at radius 1 is 1.29 bits per heavy atom. The van der Waals surface area contributed by atoms with Crippen molar-refractivity contribution < 1.29 is 9.53 Å². The molecule has 2 atom stereocenters. The predicted octanol–water partition coefficient (Wildman–Crippen LogP) is 1.83. The summed E-state index contributed by atoms with van der Waals surface area (Å²) in [5.41, 5.74) is 7.07. The summed E-state index contributed by atoms with van der Waals surface area (Å²) in [7, 11) is 0. The fourth-order valence-corrected chi connectivity index (χ4v) is 2.78. The third-order valence-electron chi connectivity index (χ3n) is 4.64. The van der Waals surface area contributed by atoms with Crippen molar-refractivity contribution in [3.05, 3.63) is 35.9 Å². The maximum Gasteiger partial charge on any atom is 0.224 e. The molecular formula is C17H26N2O2. The molecule has 2 rings (SSSR count). The van der Waals surface area contributed by atoms with Gasteiger partial charge in [0.2, 0.25) is 5.91 Å². The van der Waals surface area contributed by atoms with E-state index in [4.69, 9.17) is 10.5 Å². The molecule has 0 aromatic heterocycles. The van der Waals surface area contributed by atoms with E-state index >= 15 is 0 Å². The molecule has 0 aliphatic carbocycles. The molecule has 1 aliphatic rings. The summed E-state index contributed by atoms with van der Waals surface area (Å²) in [5, 5.41) is 3.10. The van der Waals surface area contributed by atoms with E-state index in [1.165, 1.54) is 5.56 Å². The molecule has 1 fully saturated rings. The largest absolute Gasteiger partial charge is 0.381 e. The summed E-state index contributed by atoms with van der Waals surface area (Å²) >= 11 is 0. The Hall–Kier alpha value is -1.39. The lowest BCUT2D eigenvalue weighted by Crippen LogP contribution is -2.47. The topological polar surface area (TPSA) is 64.4 Å². The third kappa shape index (κ3) is 3.83. The molecule has 0 bridgehead atoms. The summed E-state index contributed by atoms with van der Waals surface area (Å²) in [6.45, 7) is 5.88. The number of nitrogens with two attached hydrogens (primary N) is 1. The first kappa shape index (κ1) is 16.0. The zero-order valence-electron chi connectivity index (χ0n) is 13.0. The standard InChI is InChI=1S/C17H26N2O2/c1-13(14(2)18)16(20)19-12-17(8-10-21-11-9-17)15-6-4-3-5-7-15/h3-7,13-14H,8-12,18H2,1-2H3,(H,19,20). The van der Waals surface area contributed by atoms with Gasteiger partial charge in [0.1, 0.15) is 0 Å². The molecule has 0 spiro atoms. The monoisotopic (exact) mass is 290 g/mol. The summed E-state index contributed by atoms with van der Waals surface area (Å²) in [6, 6.07) is 10.3. The van der Waals surface area contributed by atoms with Crippen molar-refractivity contribution in [2.24, 2.45) is 11.7 Å². The maximum atomic E-state index is 12.2. The van der Waals surface area contributed by atoms with Crippen LogP contribution in [-0.4, -0.2) is 31.7 Å². The molecule has 1 heterocycles. The smallest absolute Gasteiger partial charge is 0.224 e. The fraction of sp³-hybridized carbons (Fsp3) is 0.588. The van der Waals surface area contributed by atoms with Crippen molar-refractivity contribution in [3.63, 3.8) is 0 Å². The molecule has 1 aromatic carbocycles. The van der Waals surface area contributed by atoms with Gasteiger partial charge < -0.3 is 15.8 Å². The Labute approximate surface area is 127 Å². The second-order valence-corrected chi connectivity index (χ2v) is 6.12. The van der Waals surface area contributed by atoms with E-state index < -0.39 is 0 Å². The number of ether oxygens (including phenoxy) is 1. The van der Waals surface area contributed by atoms with Crippen LogP contribution in [-0.2, 0) is 14.9 Å². The minimum absolute atomic E-state index is 0.0211. The minimum Gasteiger partial charge on any atom is -0.381 e. The highest BCUT2D eigenvalue weighted by molar-refractivity contribution is 5.79. The SMILES string of the molecule is CC(N)C(C)C(=O)NCC1(c2ccccc2)CCOCC1. The van der Waals surface area contributed by atoms with E-state index in [0.717, 1.165) is 26.1 Å². The van der Waals surface area contributed by atoms with Gasteiger partial charge in [-0.15, -0.1) is 0 Å². The van der Waals surface area contributed by atoms with Gasteiger partial charge in [0.25, 0.3) is 0 Å². The van der Waals surface area contributed by atoms with Crippen LogP contribution in [0.1, 0.15) is 32.3 Å². The summed E-state index contributed by atoms with van der Waals surface area (Å²) in [5.74, 6) is -0.135. The van der Waals surface area contributed by atoms with Crippen LogP contribution in [0.3, 0.4) is 0 Å². The maximum absolute atomic E-state index is 12.2. The van der Waals surface area contributed by atoms with Crippen LogP contribution in [0.4, 0.5) is 0 Å². The molecule has 4 nitrogen and oxygen atoms in total. The number of benzene rings is 1. The number of carbonyl (C=O) groups excluding carboxylic acids is 1. The molecule has 21 heavy (non-hydrogen) atoms. The van der Waals surface area contributed by atoms with Crippen LogP contribution >= 0.6 is 0 Å². The number of hydrogen-bond donors (Lipinski definition) is 2. The van der Waals surface area contributed by atoms with Crippen LogP contribution in [0.25, 0.3) is 0 Å². The lowest BCUT2D eigenvalue weighted by molar-refractivity contribution is -0.125. The average Bonchev–Trinajstić information content (AvgIpc) is 2.53. The summed E-state index contributed by atoms with van der Waals surface area (Å²) < 4.78 is 5.51. The normalized spacial score (nSPS) is 20.5. The summed E-state index contributed by atoms with van der Waals surface area (Å²) in [4.78, 5) is 12.2. The van der Waals surface area contributed by atoms with E-state index in [-0.39, 0.29) is 23.3 Å². The first-order valence-corrected chi connectivity index (χ1v) is 7.72. The van der Waals surface area contributed by atoms with Crippen molar-refractivity contribution in [2.45, 2.75) is 38.1 Å². The van der Waals surface area contributed by atoms with Crippen LogP contribution in [0.2, 0.25) is 0 Å². The number of rotatable bonds is 5. The summed E-state index contributed by atoms with van der Waals surface area (Å²) in [6.07, 6.45) is 1.87. The number of amides is 1. The van der Waals surface area contributed by atoms with Crippen LogP contribution in [0.15, 0.2) is 30.3 Å². The van der Waals surface area contributed by atoms with Gasteiger partial charge in [-0.1, -0.05) is 37.3 Å². The fourth-order valence-electron chi connectivity index (χ4n) is 2.78. The first-order valence-electron chi connectivity index (χ1n) is 7.72. The Morgan fingerprint density at radius 3 is 2.48 bits per heavy atom. The number of hydrogen-bond acceptors (Lipinski definition) is 3. The number of carbonyl (C=O) groups is 1. The minimum atomic E-state index is -0.169. The second-order valence-electron chi connectivity index (χ2n) is 6.12. The molecule has 1 aromatic rings. The van der Waals surface area contributed by atoms with Gasteiger partial charge in [0.05, 0.1) is 0 Å². The van der Waals surface area contributed by atoms with Crippen LogP contribution in [0, 0.1) is 5.92 Å². The highest BCUT2D eigenvalue weighted by Gasteiger charge is 2.35. The zero-order valence-corrected chi connectivity index (χ0v) is 13.0. The molecule has 3 N–H and O–H groups in total. The Balaban J connectivity index is 2.09. The molecule has 116 valence electrons. The van der Waals surface area contributed by atoms with Crippen molar-refractivity contribution in [2.75, 3.05) is 19.8 Å². The van der Waals surface area contributed by atoms with Gasteiger partial charge in [0, 0.05) is 37.1 Å². The molecule has 4 heteroatoms. The van der Waals surface area contributed by atoms with E-state index in [0.29, 0.717) is 6.54 Å². The van der Waals surface area contributed by atoms with Gasteiger partial charge in [-0.25, -0.2) is 0 Å². The Kier molecular flexibility index (Phi) is 5.37. The number of nitrogens with one attached hydrogen (secondary N) is 1. The van der Waals surface area contributed by atoms with Crippen LogP contribution < -0.4 is 11.1 Å². The molecule has 1 aliphatic heterocycles. The Morgan fingerprint density at radius 2 is 1.90 bits per heavy atom. The van der Waals surface area contributed by atoms with Crippen molar-refractivity contribution in [1.29, 1.82) is 0 Å². The molecule has 2 unspecified atom stereocenters. The van der Waals surface area contributed by atoms with Gasteiger partial charge >= 0.3 is 0 Å². The van der Waals surface area contributed by atoms with Crippen molar-refractivity contribution >= 4 is 5.91 Å². The first-order chi connectivity index (χ1) is 10.1. The van der Waals surface area contributed by atoms with Gasteiger partial charge in [-0.2, -0.15) is 0 Å². The van der Waals surface area contributed by atoms with Crippen molar-refractivity contribution in [3.8, 4) is 0 Å². The van der Waals surface area contributed by atoms with E-state index in [1.54, 1.807) is 0 Å². The highest BCUT2D eigenvalue weighted by Crippen LogP contribution is 2.34. The molecule has 1 amide bonds. The lowest BCUT2D eigenvalue weighted by Gasteiger charge is -2.38. The second kappa shape index (κ2) is 7.05. The van der Waals surface area contributed by atoms with Crippen LogP contribution in [0.5, 0.6) is 0 Å². The van der Waals surface area contributed by atoms with Crippen molar-refractivity contribution in [1.82, 2.24) is 5.32 Å². The highest BCUT2D eigenvalue weighted by atomic mass is 16.5. The van der Waals surface area contributed by atoms with E-state index in [1.807, 2.05) is 19.9 Å². The Bertz CT molecular complexity index is 453. The molecule has 1 saturated heterocycles. The average molecular weight is 290 g/mol. The van der Waals surface area contributed by atoms with Gasteiger partial charge in [0.15, 0.2) is 0 Å². The zero-order chi connectivity index (χ0) is 15.3. The molecule has 0 radical (unpaired) electrons. The molecular weight excluding hydrogens is 264 g/mol. The third-order valence-corrected chi connectivity index (χ3v) is 4.64. The predicted molar refractivity (Wildman–Crippen MR) is 84.0 cm³/mol. The van der Waals surface area contributed by atoms with Gasteiger partial charge in [-0.3, -0.25) is 4.79 Å². The lowest BCUT2D eigenvalue weighted by atomic mass is 9.74. The quantitative estimate of drug-likeness (QED) is 0.869. The van der Waals surface area contributed by atoms with E-state index in [2.05, 4.69) is 29.6 Å². The molecule has 0 saturated carbocycles. The van der Waals surface area contributed by atoms with E-state index in [9.17, 15) is 4.79 Å².